The summed E-state index contributed by atoms with van der Waals surface area (Å²) in [6, 6.07) is 2.05. The zero-order valence-corrected chi connectivity index (χ0v) is 14.9. The van der Waals surface area contributed by atoms with Crippen molar-refractivity contribution in [3.8, 4) is 0 Å². The van der Waals surface area contributed by atoms with Gasteiger partial charge in [0.1, 0.15) is 5.78 Å². The van der Waals surface area contributed by atoms with E-state index in [4.69, 9.17) is 5.73 Å². The lowest BCUT2D eigenvalue weighted by molar-refractivity contribution is -0.146. The van der Waals surface area contributed by atoms with E-state index in [1.165, 1.54) is 0 Å². The third-order valence-corrected chi connectivity index (χ3v) is 5.88. The first-order chi connectivity index (χ1) is 12.0. The monoisotopic (exact) mass is 368 g/mol. The number of Topliss-reactive ketones (excluding diaryl/α,β-unsaturated/α-hetero) is 1. The minimum atomic E-state index is -4.48. The molecule has 1 aromatic carbocycles. The minimum Gasteiger partial charge on any atom is -0.398 e. The van der Waals surface area contributed by atoms with E-state index < -0.39 is 17.2 Å². The highest BCUT2D eigenvalue weighted by Gasteiger charge is 2.49. The fourth-order valence-electron chi connectivity index (χ4n) is 4.20. The number of nitrogens with zero attached hydrogens (tertiary/aromatic N) is 1. The van der Waals surface area contributed by atoms with E-state index in [1.807, 2.05) is 13.8 Å². The van der Waals surface area contributed by atoms with Crippen LogP contribution in [0.2, 0.25) is 0 Å². The van der Waals surface area contributed by atoms with Gasteiger partial charge in [0.05, 0.1) is 11.0 Å². The highest BCUT2D eigenvalue weighted by Crippen LogP contribution is 2.45. The standard InChI is InChI=1S/C19H23F3N2O2/c1-11(2)18(5-3-14(25)9-18)17(26)24-6-4-15-12(10-24)7-13(8-16(15)23)19(20,21)22/h7-8,11H,3-6,9-10,23H2,1-2H3. The van der Waals surface area contributed by atoms with Crippen LogP contribution in [0.1, 0.15) is 49.8 Å². The summed E-state index contributed by atoms with van der Waals surface area (Å²) in [5.74, 6) is -0.0533. The van der Waals surface area contributed by atoms with Crippen LogP contribution in [0.5, 0.6) is 0 Å². The third-order valence-electron chi connectivity index (χ3n) is 5.88. The summed E-state index contributed by atoms with van der Waals surface area (Å²) in [5, 5.41) is 0. The molecular weight excluding hydrogens is 345 g/mol. The summed E-state index contributed by atoms with van der Waals surface area (Å²) in [7, 11) is 0. The van der Waals surface area contributed by atoms with Gasteiger partial charge in [-0.05, 0) is 42.0 Å². The van der Waals surface area contributed by atoms with Crippen molar-refractivity contribution in [2.75, 3.05) is 12.3 Å². The topological polar surface area (TPSA) is 63.4 Å². The molecule has 0 bridgehead atoms. The number of carbonyl (C=O) groups is 2. The summed E-state index contributed by atoms with van der Waals surface area (Å²) < 4.78 is 39.2. The fraction of sp³-hybridized carbons (Fsp3) is 0.579. The first-order valence-electron chi connectivity index (χ1n) is 8.84. The number of rotatable bonds is 2. The SMILES string of the molecule is CC(C)C1(C(=O)N2CCc3c(N)cc(C(F)(F)F)cc3C2)CCC(=O)C1. The zero-order valence-electron chi connectivity index (χ0n) is 14.9. The van der Waals surface area contributed by atoms with Crippen LogP contribution in [0.25, 0.3) is 0 Å². The van der Waals surface area contributed by atoms with Gasteiger partial charge in [0.2, 0.25) is 5.91 Å². The highest BCUT2D eigenvalue weighted by molar-refractivity contribution is 5.93. The van der Waals surface area contributed by atoms with E-state index in [0.717, 1.165) is 12.1 Å². The maximum atomic E-state index is 13.2. The molecule has 0 aromatic heterocycles. The minimum absolute atomic E-state index is 0.00516. The third kappa shape index (κ3) is 3.08. The van der Waals surface area contributed by atoms with Crippen LogP contribution in [0.15, 0.2) is 12.1 Å². The van der Waals surface area contributed by atoms with Crippen molar-refractivity contribution in [3.05, 3.63) is 28.8 Å². The molecule has 1 fully saturated rings. The van der Waals surface area contributed by atoms with E-state index in [1.54, 1.807) is 4.90 Å². The summed E-state index contributed by atoms with van der Waals surface area (Å²) in [4.78, 5) is 26.6. The first-order valence-corrected chi connectivity index (χ1v) is 8.84. The van der Waals surface area contributed by atoms with Crippen LogP contribution >= 0.6 is 0 Å². The van der Waals surface area contributed by atoms with Gasteiger partial charge in [0.25, 0.3) is 0 Å². The van der Waals surface area contributed by atoms with E-state index in [9.17, 15) is 22.8 Å². The number of amides is 1. The van der Waals surface area contributed by atoms with Crippen molar-refractivity contribution in [1.82, 2.24) is 4.90 Å². The second kappa shape index (κ2) is 6.28. The van der Waals surface area contributed by atoms with Gasteiger partial charge in [-0.3, -0.25) is 9.59 Å². The summed E-state index contributed by atoms with van der Waals surface area (Å²) >= 11 is 0. The lowest BCUT2D eigenvalue weighted by Gasteiger charge is -2.39. The Labute approximate surface area is 150 Å². The molecule has 0 saturated heterocycles. The van der Waals surface area contributed by atoms with Crippen molar-refractivity contribution in [2.24, 2.45) is 11.3 Å². The number of alkyl halides is 3. The number of fused-ring (bicyclic) bond motifs is 1. The average molecular weight is 368 g/mol. The Morgan fingerprint density at radius 2 is 1.96 bits per heavy atom. The smallest absolute Gasteiger partial charge is 0.398 e. The maximum Gasteiger partial charge on any atom is 0.416 e. The predicted octanol–water partition coefficient (Wildman–Crippen LogP) is 3.57. The molecule has 2 aliphatic rings. The van der Waals surface area contributed by atoms with Crippen molar-refractivity contribution < 1.29 is 22.8 Å². The Morgan fingerprint density at radius 1 is 1.27 bits per heavy atom. The van der Waals surface area contributed by atoms with Crippen LogP contribution in [0.3, 0.4) is 0 Å². The maximum absolute atomic E-state index is 13.2. The zero-order chi connectivity index (χ0) is 19.3. The second-order valence-corrected chi connectivity index (χ2v) is 7.70. The molecule has 1 aliphatic heterocycles. The van der Waals surface area contributed by atoms with Crippen LogP contribution in [0.4, 0.5) is 18.9 Å². The first kappa shape index (κ1) is 18.7. The van der Waals surface area contributed by atoms with Gasteiger partial charge in [0, 0.05) is 31.6 Å². The Hall–Kier alpha value is -2.05. The van der Waals surface area contributed by atoms with E-state index in [-0.39, 0.29) is 36.3 Å². The molecule has 1 amide bonds. The molecule has 4 nitrogen and oxygen atoms in total. The molecule has 1 aliphatic carbocycles. The number of carbonyl (C=O) groups excluding carboxylic acids is 2. The molecule has 1 saturated carbocycles. The van der Waals surface area contributed by atoms with Crippen molar-refractivity contribution in [3.63, 3.8) is 0 Å². The highest BCUT2D eigenvalue weighted by atomic mass is 19.4. The van der Waals surface area contributed by atoms with Crippen LogP contribution in [-0.2, 0) is 28.7 Å². The van der Waals surface area contributed by atoms with Gasteiger partial charge in [-0.25, -0.2) is 0 Å². The summed E-state index contributed by atoms with van der Waals surface area (Å²) in [6.45, 7) is 4.36. The molecule has 142 valence electrons. The quantitative estimate of drug-likeness (QED) is 0.812. The van der Waals surface area contributed by atoms with Crippen molar-refractivity contribution in [2.45, 2.75) is 52.3 Å². The molecule has 3 rings (SSSR count). The lowest BCUT2D eigenvalue weighted by Crippen LogP contribution is -2.47. The van der Waals surface area contributed by atoms with Crippen LogP contribution < -0.4 is 5.73 Å². The number of halogens is 3. The molecule has 0 radical (unpaired) electrons. The van der Waals surface area contributed by atoms with Crippen molar-refractivity contribution >= 4 is 17.4 Å². The van der Waals surface area contributed by atoms with Crippen LogP contribution in [-0.4, -0.2) is 23.1 Å². The number of ketones is 1. The van der Waals surface area contributed by atoms with Gasteiger partial charge >= 0.3 is 6.18 Å². The molecule has 1 atom stereocenters. The molecule has 2 N–H and O–H groups in total. The van der Waals surface area contributed by atoms with Gasteiger partial charge in [-0.1, -0.05) is 13.8 Å². The predicted molar refractivity (Wildman–Crippen MR) is 91.1 cm³/mol. The molecular formula is C19H23F3N2O2. The molecule has 0 spiro atoms. The normalized spacial score (nSPS) is 23.5. The van der Waals surface area contributed by atoms with Gasteiger partial charge in [0.15, 0.2) is 0 Å². The van der Waals surface area contributed by atoms with Crippen LogP contribution in [0, 0.1) is 11.3 Å². The fourth-order valence-corrected chi connectivity index (χ4v) is 4.20. The van der Waals surface area contributed by atoms with Gasteiger partial charge in [-0.15, -0.1) is 0 Å². The number of hydrogen-bond donors (Lipinski definition) is 1. The number of anilines is 1. The van der Waals surface area contributed by atoms with E-state index in [0.29, 0.717) is 36.9 Å². The second-order valence-electron chi connectivity index (χ2n) is 7.70. The van der Waals surface area contributed by atoms with E-state index in [2.05, 4.69) is 0 Å². The number of nitrogens with two attached hydrogens (primary N) is 1. The van der Waals surface area contributed by atoms with E-state index >= 15 is 0 Å². The Kier molecular flexibility index (Phi) is 4.53. The van der Waals surface area contributed by atoms with Gasteiger partial charge in [-0.2, -0.15) is 13.2 Å². The molecule has 1 heterocycles. The molecule has 1 unspecified atom stereocenters. The summed E-state index contributed by atoms with van der Waals surface area (Å²) in [5.41, 5.74) is 5.55. The Morgan fingerprint density at radius 3 is 2.50 bits per heavy atom. The number of benzene rings is 1. The number of hydrogen-bond acceptors (Lipinski definition) is 3. The number of nitrogen functional groups attached to an aromatic ring is 1. The van der Waals surface area contributed by atoms with Crippen molar-refractivity contribution in [1.29, 1.82) is 0 Å². The largest absolute Gasteiger partial charge is 0.416 e. The Balaban J connectivity index is 1.91. The Bertz CT molecular complexity index is 758. The van der Waals surface area contributed by atoms with Gasteiger partial charge < -0.3 is 10.6 Å². The molecule has 26 heavy (non-hydrogen) atoms. The average Bonchev–Trinajstić information content (AvgIpc) is 2.96. The molecule has 7 heteroatoms. The molecule has 1 aromatic rings. The summed E-state index contributed by atoms with van der Waals surface area (Å²) in [6.07, 6.45) is -2.94. The lowest BCUT2D eigenvalue weighted by atomic mass is 9.74.